The van der Waals surface area contributed by atoms with Crippen LogP contribution in [0.3, 0.4) is 0 Å². The zero-order chi connectivity index (χ0) is 17.1. The van der Waals surface area contributed by atoms with Gasteiger partial charge in [-0.3, -0.25) is 9.59 Å². The molecule has 0 spiro atoms. The second kappa shape index (κ2) is 6.49. The van der Waals surface area contributed by atoms with Crippen molar-refractivity contribution in [1.82, 2.24) is 0 Å². The molecule has 0 saturated carbocycles. The van der Waals surface area contributed by atoms with Gasteiger partial charge in [-0.2, -0.15) is 0 Å². The molecule has 0 saturated heterocycles. The highest BCUT2D eigenvalue weighted by Crippen LogP contribution is 2.31. The number of carbonyl (C=O) groups excluding carboxylic acids is 2. The van der Waals surface area contributed by atoms with Crippen molar-refractivity contribution in [3.8, 4) is 17.2 Å². The van der Waals surface area contributed by atoms with Gasteiger partial charge in [-0.15, -0.1) is 0 Å². The summed E-state index contributed by atoms with van der Waals surface area (Å²) in [7, 11) is 3.07. The third-order valence-corrected chi connectivity index (χ3v) is 3.52. The fraction of sp³-hybridized carbons (Fsp3) is 0.176. The summed E-state index contributed by atoms with van der Waals surface area (Å²) in [6, 6.07) is 9.94. The van der Waals surface area contributed by atoms with Crippen molar-refractivity contribution in [3.63, 3.8) is 0 Å². The first-order valence-corrected chi connectivity index (χ1v) is 7.21. The smallest absolute Gasteiger partial charge is 0.262 e. The SMILES string of the molecule is COc1ccc(NC(=O)c2ccc3c(c2)OCC(=O)N3)cc1OC. The predicted molar refractivity (Wildman–Crippen MR) is 88.1 cm³/mol. The molecule has 0 radical (unpaired) electrons. The molecule has 2 N–H and O–H groups in total. The van der Waals surface area contributed by atoms with Crippen LogP contribution in [0.4, 0.5) is 11.4 Å². The molecule has 1 heterocycles. The largest absolute Gasteiger partial charge is 0.493 e. The summed E-state index contributed by atoms with van der Waals surface area (Å²) in [5.74, 6) is 1.05. The van der Waals surface area contributed by atoms with Crippen LogP contribution in [-0.4, -0.2) is 32.6 Å². The van der Waals surface area contributed by atoms with Crippen molar-refractivity contribution in [1.29, 1.82) is 0 Å². The van der Waals surface area contributed by atoms with Crippen LogP contribution in [0.25, 0.3) is 0 Å². The van der Waals surface area contributed by atoms with Gasteiger partial charge in [0.05, 0.1) is 19.9 Å². The highest BCUT2D eigenvalue weighted by Gasteiger charge is 2.18. The zero-order valence-corrected chi connectivity index (χ0v) is 13.2. The number of anilines is 2. The van der Waals surface area contributed by atoms with Crippen LogP contribution in [0.1, 0.15) is 10.4 Å². The molecule has 0 atom stereocenters. The van der Waals surface area contributed by atoms with Crippen molar-refractivity contribution in [2.24, 2.45) is 0 Å². The minimum absolute atomic E-state index is 0.0618. The Balaban J connectivity index is 1.79. The van der Waals surface area contributed by atoms with E-state index >= 15 is 0 Å². The van der Waals surface area contributed by atoms with Crippen LogP contribution >= 0.6 is 0 Å². The third-order valence-electron chi connectivity index (χ3n) is 3.52. The molecule has 0 fully saturated rings. The number of hydrogen-bond donors (Lipinski definition) is 2. The molecule has 3 rings (SSSR count). The Kier molecular flexibility index (Phi) is 4.24. The number of hydrogen-bond acceptors (Lipinski definition) is 5. The number of carbonyl (C=O) groups is 2. The normalized spacial score (nSPS) is 12.5. The zero-order valence-electron chi connectivity index (χ0n) is 13.2. The quantitative estimate of drug-likeness (QED) is 0.899. The standard InChI is InChI=1S/C17H16N2O5/c1-22-13-6-4-11(8-15(13)23-2)18-17(21)10-3-5-12-14(7-10)24-9-16(20)19-12/h3-8H,9H2,1-2H3,(H,18,21)(H,19,20). The van der Waals surface area contributed by atoms with Gasteiger partial charge in [0.15, 0.2) is 18.1 Å². The van der Waals surface area contributed by atoms with E-state index < -0.39 is 0 Å². The van der Waals surface area contributed by atoms with Crippen LogP contribution in [0, 0.1) is 0 Å². The van der Waals surface area contributed by atoms with E-state index in [4.69, 9.17) is 14.2 Å². The minimum atomic E-state index is -0.300. The first-order valence-electron chi connectivity index (χ1n) is 7.21. The van der Waals surface area contributed by atoms with E-state index in [1.807, 2.05) is 0 Å². The lowest BCUT2D eigenvalue weighted by atomic mass is 10.1. The average Bonchev–Trinajstić information content (AvgIpc) is 2.61. The van der Waals surface area contributed by atoms with Crippen LogP contribution in [0.5, 0.6) is 17.2 Å². The number of nitrogens with one attached hydrogen (secondary N) is 2. The molecule has 7 nitrogen and oxygen atoms in total. The van der Waals surface area contributed by atoms with Gasteiger partial charge in [0.1, 0.15) is 5.75 Å². The van der Waals surface area contributed by atoms with Gasteiger partial charge < -0.3 is 24.8 Å². The molecule has 0 unspecified atom stereocenters. The molecular weight excluding hydrogens is 312 g/mol. The molecule has 1 aliphatic heterocycles. The summed E-state index contributed by atoms with van der Waals surface area (Å²) in [4.78, 5) is 23.7. The van der Waals surface area contributed by atoms with E-state index in [1.165, 1.54) is 7.11 Å². The molecule has 124 valence electrons. The summed E-state index contributed by atoms with van der Waals surface area (Å²) in [6.07, 6.45) is 0. The molecule has 0 aromatic heterocycles. The fourth-order valence-electron chi connectivity index (χ4n) is 2.33. The fourth-order valence-corrected chi connectivity index (χ4v) is 2.33. The molecule has 2 amide bonds. The van der Waals surface area contributed by atoms with Crippen molar-refractivity contribution in [3.05, 3.63) is 42.0 Å². The Hall–Kier alpha value is -3.22. The molecule has 2 aromatic carbocycles. The van der Waals surface area contributed by atoms with E-state index in [0.29, 0.717) is 34.2 Å². The van der Waals surface area contributed by atoms with Crippen LogP contribution < -0.4 is 24.8 Å². The topological polar surface area (TPSA) is 85.9 Å². The second-order valence-corrected chi connectivity index (χ2v) is 5.07. The molecule has 2 aromatic rings. The monoisotopic (exact) mass is 328 g/mol. The molecule has 1 aliphatic rings. The van der Waals surface area contributed by atoms with Crippen LogP contribution in [0.2, 0.25) is 0 Å². The molecule has 24 heavy (non-hydrogen) atoms. The van der Waals surface area contributed by atoms with Crippen molar-refractivity contribution < 1.29 is 23.8 Å². The van der Waals surface area contributed by atoms with Crippen LogP contribution in [-0.2, 0) is 4.79 Å². The van der Waals surface area contributed by atoms with E-state index in [9.17, 15) is 9.59 Å². The Morgan fingerprint density at radius 1 is 1.12 bits per heavy atom. The van der Waals surface area contributed by atoms with Crippen molar-refractivity contribution >= 4 is 23.2 Å². The number of ether oxygens (including phenoxy) is 3. The number of benzene rings is 2. The first-order chi connectivity index (χ1) is 11.6. The van der Waals surface area contributed by atoms with Gasteiger partial charge in [-0.25, -0.2) is 0 Å². The summed E-state index contributed by atoms with van der Waals surface area (Å²) >= 11 is 0. The molecule has 0 aliphatic carbocycles. The maximum Gasteiger partial charge on any atom is 0.262 e. The third kappa shape index (κ3) is 3.10. The van der Waals surface area contributed by atoms with Gasteiger partial charge >= 0.3 is 0 Å². The van der Waals surface area contributed by atoms with Gasteiger partial charge in [-0.1, -0.05) is 0 Å². The number of amides is 2. The lowest BCUT2D eigenvalue weighted by molar-refractivity contribution is -0.118. The molecule has 0 bridgehead atoms. The maximum atomic E-state index is 12.4. The molecule has 7 heteroatoms. The first kappa shape index (κ1) is 15.7. The lowest BCUT2D eigenvalue weighted by Crippen LogP contribution is -2.25. The van der Waals surface area contributed by atoms with Crippen molar-refractivity contribution in [2.75, 3.05) is 31.5 Å². The Morgan fingerprint density at radius 3 is 2.67 bits per heavy atom. The van der Waals surface area contributed by atoms with Crippen molar-refractivity contribution in [2.45, 2.75) is 0 Å². The van der Waals surface area contributed by atoms with Gasteiger partial charge in [0.25, 0.3) is 11.8 Å². The predicted octanol–water partition coefficient (Wildman–Crippen LogP) is 2.29. The number of fused-ring (bicyclic) bond motifs is 1. The Morgan fingerprint density at radius 2 is 1.92 bits per heavy atom. The van der Waals surface area contributed by atoms with Gasteiger partial charge in [0, 0.05) is 17.3 Å². The van der Waals surface area contributed by atoms with Gasteiger partial charge in [-0.05, 0) is 30.3 Å². The second-order valence-electron chi connectivity index (χ2n) is 5.07. The summed E-state index contributed by atoms with van der Waals surface area (Å²) in [6.45, 7) is -0.0618. The Bertz CT molecular complexity index is 804. The molecular formula is C17H16N2O5. The Labute approximate surface area is 138 Å². The summed E-state index contributed by atoms with van der Waals surface area (Å²) in [5.41, 5.74) is 1.54. The van der Waals surface area contributed by atoms with E-state index in [1.54, 1.807) is 43.5 Å². The van der Waals surface area contributed by atoms with E-state index in [-0.39, 0.29) is 18.4 Å². The van der Waals surface area contributed by atoms with E-state index in [2.05, 4.69) is 10.6 Å². The van der Waals surface area contributed by atoms with E-state index in [0.717, 1.165) is 0 Å². The maximum absolute atomic E-state index is 12.4. The highest BCUT2D eigenvalue weighted by molar-refractivity contribution is 6.05. The number of methoxy groups -OCH3 is 2. The minimum Gasteiger partial charge on any atom is -0.493 e. The summed E-state index contributed by atoms with van der Waals surface area (Å²) < 4.78 is 15.7. The summed E-state index contributed by atoms with van der Waals surface area (Å²) in [5, 5.41) is 5.46. The average molecular weight is 328 g/mol. The van der Waals surface area contributed by atoms with Gasteiger partial charge in [0.2, 0.25) is 0 Å². The highest BCUT2D eigenvalue weighted by atomic mass is 16.5. The van der Waals surface area contributed by atoms with Crippen LogP contribution in [0.15, 0.2) is 36.4 Å². The number of rotatable bonds is 4. The lowest BCUT2D eigenvalue weighted by Gasteiger charge is -2.18.